The van der Waals surface area contributed by atoms with Gasteiger partial charge in [0.25, 0.3) is 0 Å². The first-order valence-corrected chi connectivity index (χ1v) is 8.18. The zero-order valence-corrected chi connectivity index (χ0v) is 14.5. The predicted molar refractivity (Wildman–Crippen MR) is 95.6 cm³/mol. The van der Waals surface area contributed by atoms with Crippen LogP contribution in [0, 0.1) is 6.92 Å². The molecule has 1 N–H and O–H groups in total. The second kappa shape index (κ2) is 8.96. The molecule has 2 aromatic rings. The van der Waals surface area contributed by atoms with Crippen LogP contribution in [0.25, 0.3) is 0 Å². The van der Waals surface area contributed by atoms with Gasteiger partial charge in [-0.05, 0) is 50.1 Å². The Bertz CT molecular complexity index is 635. The van der Waals surface area contributed by atoms with Crippen molar-refractivity contribution >= 4 is 5.91 Å². The van der Waals surface area contributed by atoms with Gasteiger partial charge in [-0.3, -0.25) is 4.79 Å². The molecule has 0 saturated heterocycles. The maximum atomic E-state index is 12.0. The number of hydrogen-bond acceptors (Lipinski definition) is 3. The first-order chi connectivity index (χ1) is 11.6. The van der Waals surface area contributed by atoms with Crippen LogP contribution >= 0.6 is 0 Å². The monoisotopic (exact) mass is 327 g/mol. The Morgan fingerprint density at radius 2 is 1.67 bits per heavy atom. The van der Waals surface area contributed by atoms with Crippen molar-refractivity contribution in [2.24, 2.45) is 0 Å². The Kier molecular flexibility index (Phi) is 6.67. The van der Waals surface area contributed by atoms with Crippen molar-refractivity contribution in [1.82, 2.24) is 5.32 Å². The van der Waals surface area contributed by atoms with Crippen molar-refractivity contribution < 1.29 is 14.3 Å². The number of hydrogen-bond donors (Lipinski definition) is 1. The van der Waals surface area contributed by atoms with Crippen molar-refractivity contribution in [1.29, 1.82) is 0 Å². The maximum absolute atomic E-state index is 12.0. The van der Waals surface area contributed by atoms with Gasteiger partial charge in [-0.1, -0.05) is 29.8 Å². The highest BCUT2D eigenvalue weighted by atomic mass is 16.5. The van der Waals surface area contributed by atoms with Crippen LogP contribution in [0.3, 0.4) is 0 Å². The van der Waals surface area contributed by atoms with E-state index in [1.165, 1.54) is 11.1 Å². The second-order valence-corrected chi connectivity index (χ2v) is 5.94. The van der Waals surface area contributed by atoms with Gasteiger partial charge < -0.3 is 14.8 Å². The molecule has 2 rings (SSSR count). The summed E-state index contributed by atoms with van der Waals surface area (Å²) in [6.45, 7) is 4.43. The third-order valence-electron chi connectivity index (χ3n) is 3.73. The van der Waals surface area contributed by atoms with Gasteiger partial charge in [0.1, 0.15) is 18.1 Å². The van der Waals surface area contributed by atoms with Crippen molar-refractivity contribution in [3.63, 3.8) is 0 Å². The molecule has 4 nitrogen and oxygen atoms in total. The van der Waals surface area contributed by atoms with Crippen LogP contribution in [-0.2, 0) is 11.2 Å². The summed E-state index contributed by atoms with van der Waals surface area (Å²) in [5.41, 5.74) is 2.41. The van der Waals surface area contributed by atoms with Crippen LogP contribution in [0.4, 0.5) is 0 Å². The minimum Gasteiger partial charge on any atom is -0.497 e. The first-order valence-electron chi connectivity index (χ1n) is 8.18. The van der Waals surface area contributed by atoms with Crippen LogP contribution in [0.5, 0.6) is 11.5 Å². The third-order valence-corrected chi connectivity index (χ3v) is 3.73. The van der Waals surface area contributed by atoms with E-state index in [1.807, 2.05) is 31.2 Å². The Hall–Kier alpha value is -2.49. The van der Waals surface area contributed by atoms with E-state index in [2.05, 4.69) is 36.5 Å². The SMILES string of the molecule is COc1ccc(OC[C@@H](C)NC(=O)CCc2ccc(C)cc2)cc1. The Balaban J connectivity index is 1.69. The summed E-state index contributed by atoms with van der Waals surface area (Å²) in [5, 5.41) is 2.97. The van der Waals surface area contributed by atoms with Gasteiger partial charge in [-0.2, -0.15) is 0 Å². The number of benzene rings is 2. The lowest BCUT2D eigenvalue weighted by Gasteiger charge is -2.15. The summed E-state index contributed by atoms with van der Waals surface area (Å²) >= 11 is 0. The Morgan fingerprint density at radius 3 is 2.29 bits per heavy atom. The first kappa shape index (κ1) is 17.9. The van der Waals surface area contributed by atoms with E-state index in [1.54, 1.807) is 7.11 Å². The molecule has 0 fully saturated rings. The molecular formula is C20H25NO3. The molecule has 0 aliphatic rings. The quantitative estimate of drug-likeness (QED) is 0.807. The lowest BCUT2D eigenvalue weighted by molar-refractivity contribution is -0.121. The fourth-order valence-corrected chi connectivity index (χ4v) is 2.29. The number of ether oxygens (including phenoxy) is 2. The highest BCUT2D eigenvalue weighted by molar-refractivity contribution is 5.76. The minimum atomic E-state index is -0.0439. The van der Waals surface area contributed by atoms with Gasteiger partial charge in [0.2, 0.25) is 5.91 Å². The maximum Gasteiger partial charge on any atom is 0.220 e. The van der Waals surface area contributed by atoms with Crippen LogP contribution in [0.1, 0.15) is 24.5 Å². The summed E-state index contributed by atoms with van der Waals surface area (Å²) in [7, 11) is 1.63. The van der Waals surface area contributed by atoms with E-state index in [0.717, 1.165) is 17.9 Å². The molecule has 0 aliphatic carbocycles. The molecule has 2 aromatic carbocycles. The van der Waals surface area contributed by atoms with Crippen LogP contribution in [0.15, 0.2) is 48.5 Å². The van der Waals surface area contributed by atoms with Crippen LogP contribution < -0.4 is 14.8 Å². The fourth-order valence-electron chi connectivity index (χ4n) is 2.29. The number of rotatable bonds is 8. The average molecular weight is 327 g/mol. The summed E-state index contributed by atoms with van der Waals surface area (Å²) in [6, 6.07) is 15.6. The highest BCUT2D eigenvalue weighted by Crippen LogP contribution is 2.17. The molecule has 0 bridgehead atoms. The van der Waals surface area contributed by atoms with Gasteiger partial charge in [0.15, 0.2) is 0 Å². The van der Waals surface area contributed by atoms with Gasteiger partial charge >= 0.3 is 0 Å². The Labute approximate surface area is 143 Å². The number of methoxy groups -OCH3 is 1. The summed E-state index contributed by atoms with van der Waals surface area (Å²) in [5.74, 6) is 1.60. The Morgan fingerprint density at radius 1 is 1.04 bits per heavy atom. The molecule has 0 heterocycles. The molecule has 0 aromatic heterocycles. The molecule has 0 unspecified atom stereocenters. The average Bonchev–Trinajstić information content (AvgIpc) is 2.60. The van der Waals surface area contributed by atoms with E-state index in [4.69, 9.17) is 9.47 Å². The van der Waals surface area contributed by atoms with Gasteiger partial charge in [0, 0.05) is 6.42 Å². The van der Waals surface area contributed by atoms with Crippen molar-refractivity contribution in [3.8, 4) is 11.5 Å². The van der Waals surface area contributed by atoms with Crippen molar-refractivity contribution in [2.45, 2.75) is 32.7 Å². The number of carbonyl (C=O) groups is 1. The van der Waals surface area contributed by atoms with E-state index in [-0.39, 0.29) is 11.9 Å². The van der Waals surface area contributed by atoms with E-state index >= 15 is 0 Å². The molecule has 0 spiro atoms. The summed E-state index contributed by atoms with van der Waals surface area (Å²) < 4.78 is 10.8. The molecule has 0 radical (unpaired) electrons. The third kappa shape index (κ3) is 5.95. The van der Waals surface area contributed by atoms with Crippen LogP contribution in [0.2, 0.25) is 0 Å². The van der Waals surface area contributed by atoms with Crippen LogP contribution in [-0.4, -0.2) is 25.7 Å². The van der Waals surface area contributed by atoms with E-state index in [9.17, 15) is 4.79 Å². The second-order valence-electron chi connectivity index (χ2n) is 5.94. The summed E-state index contributed by atoms with van der Waals surface area (Å²) in [4.78, 5) is 12.0. The standard InChI is InChI=1S/C20H25NO3/c1-15-4-6-17(7-5-15)8-13-20(22)21-16(2)14-24-19-11-9-18(23-3)10-12-19/h4-7,9-12,16H,8,13-14H2,1-3H3,(H,21,22)/t16-/m1/s1. The smallest absolute Gasteiger partial charge is 0.220 e. The molecule has 128 valence electrons. The van der Waals surface area contributed by atoms with Crippen molar-refractivity contribution in [2.75, 3.05) is 13.7 Å². The topological polar surface area (TPSA) is 47.6 Å². The fraction of sp³-hybridized carbons (Fsp3) is 0.350. The highest BCUT2D eigenvalue weighted by Gasteiger charge is 2.08. The normalized spacial score (nSPS) is 11.6. The number of nitrogens with one attached hydrogen (secondary N) is 1. The molecular weight excluding hydrogens is 302 g/mol. The number of amides is 1. The van der Waals surface area contributed by atoms with E-state index in [0.29, 0.717) is 13.0 Å². The molecule has 0 saturated carbocycles. The molecule has 0 aliphatic heterocycles. The van der Waals surface area contributed by atoms with Crippen molar-refractivity contribution in [3.05, 3.63) is 59.7 Å². The minimum absolute atomic E-state index is 0.0430. The zero-order chi connectivity index (χ0) is 17.4. The zero-order valence-electron chi connectivity index (χ0n) is 14.5. The lowest BCUT2D eigenvalue weighted by atomic mass is 10.1. The van der Waals surface area contributed by atoms with Gasteiger partial charge in [-0.15, -0.1) is 0 Å². The van der Waals surface area contributed by atoms with E-state index < -0.39 is 0 Å². The van der Waals surface area contributed by atoms with Gasteiger partial charge in [-0.25, -0.2) is 0 Å². The number of aryl methyl sites for hydroxylation is 2. The molecule has 1 atom stereocenters. The molecule has 4 heteroatoms. The molecule has 24 heavy (non-hydrogen) atoms. The largest absolute Gasteiger partial charge is 0.497 e. The van der Waals surface area contributed by atoms with Gasteiger partial charge in [0.05, 0.1) is 13.2 Å². The predicted octanol–water partition coefficient (Wildman–Crippen LogP) is 3.52. The summed E-state index contributed by atoms with van der Waals surface area (Å²) in [6.07, 6.45) is 1.23. The molecule has 1 amide bonds. The number of carbonyl (C=O) groups excluding carboxylic acids is 1. The lowest BCUT2D eigenvalue weighted by Crippen LogP contribution is -2.36.